The summed E-state index contributed by atoms with van der Waals surface area (Å²) in [7, 11) is 0. The first kappa shape index (κ1) is 13.5. The summed E-state index contributed by atoms with van der Waals surface area (Å²) in [5.74, 6) is 1.79. The van der Waals surface area contributed by atoms with Crippen LogP contribution in [0.4, 0.5) is 5.69 Å². The van der Waals surface area contributed by atoms with Gasteiger partial charge in [-0.3, -0.25) is 9.74 Å². The van der Waals surface area contributed by atoms with E-state index >= 15 is 0 Å². The predicted molar refractivity (Wildman–Crippen MR) is 76.3 cm³/mol. The quantitative estimate of drug-likeness (QED) is 0.829. The van der Waals surface area contributed by atoms with Crippen LogP contribution in [0.15, 0.2) is 24.3 Å². The first-order valence-corrected chi connectivity index (χ1v) is 6.97. The number of benzene rings is 1. The van der Waals surface area contributed by atoms with Crippen molar-refractivity contribution in [2.45, 2.75) is 19.8 Å². The van der Waals surface area contributed by atoms with Gasteiger partial charge in [-0.25, -0.2) is 0 Å². The number of ether oxygens (including phenoxy) is 1. The molecule has 0 amide bonds. The largest absolute Gasteiger partial charge is 0.492 e. The van der Waals surface area contributed by atoms with Crippen LogP contribution in [-0.4, -0.2) is 31.1 Å². The lowest BCUT2D eigenvalue weighted by Gasteiger charge is -2.29. The van der Waals surface area contributed by atoms with Crippen LogP contribution in [0.2, 0.25) is 0 Å². The van der Waals surface area contributed by atoms with Crippen molar-refractivity contribution in [2.24, 2.45) is 5.92 Å². The second-order valence-corrected chi connectivity index (χ2v) is 5.18. The summed E-state index contributed by atoms with van der Waals surface area (Å²) in [6.45, 7) is 6.52. The Morgan fingerprint density at radius 3 is 2.56 bits per heavy atom. The molecule has 0 aliphatic carbocycles. The second-order valence-electron chi connectivity index (χ2n) is 4.99. The van der Waals surface area contributed by atoms with Gasteiger partial charge in [-0.2, -0.15) is 0 Å². The number of nitrogens with zero attached hydrogens (tertiary/aromatic N) is 1. The molecule has 0 atom stereocenters. The van der Waals surface area contributed by atoms with Crippen molar-refractivity contribution in [3.8, 4) is 5.75 Å². The van der Waals surface area contributed by atoms with Gasteiger partial charge in [0.2, 0.25) is 0 Å². The molecule has 0 saturated carbocycles. The van der Waals surface area contributed by atoms with E-state index in [1.807, 2.05) is 24.3 Å². The first-order valence-electron chi connectivity index (χ1n) is 6.60. The molecule has 1 fully saturated rings. The molecule has 1 aromatic rings. The SMILES string of the molecule is CC1CCN(CCOc2ccc(NCl)cc2)CC1. The molecule has 1 aliphatic heterocycles. The van der Waals surface area contributed by atoms with Crippen LogP contribution in [0.1, 0.15) is 19.8 Å². The fourth-order valence-electron chi connectivity index (χ4n) is 2.19. The van der Waals surface area contributed by atoms with Gasteiger partial charge in [0.15, 0.2) is 0 Å². The van der Waals surface area contributed by atoms with E-state index in [2.05, 4.69) is 16.7 Å². The van der Waals surface area contributed by atoms with Crippen LogP contribution in [0, 0.1) is 5.92 Å². The Kier molecular flexibility index (Phi) is 5.14. The van der Waals surface area contributed by atoms with Crippen molar-refractivity contribution in [1.29, 1.82) is 0 Å². The summed E-state index contributed by atoms with van der Waals surface area (Å²) in [4.78, 5) is 5.06. The lowest BCUT2D eigenvalue weighted by Crippen LogP contribution is -2.35. The first-order chi connectivity index (χ1) is 8.78. The molecular formula is C14H21ClN2O. The van der Waals surface area contributed by atoms with E-state index in [1.165, 1.54) is 25.9 Å². The fraction of sp³-hybridized carbons (Fsp3) is 0.571. The Labute approximate surface area is 114 Å². The maximum absolute atomic E-state index is 5.72. The van der Waals surface area contributed by atoms with E-state index in [-0.39, 0.29) is 0 Å². The van der Waals surface area contributed by atoms with Crippen molar-refractivity contribution < 1.29 is 4.74 Å². The molecular weight excluding hydrogens is 248 g/mol. The average molecular weight is 269 g/mol. The fourth-order valence-corrected chi connectivity index (χ4v) is 2.32. The molecule has 4 heteroatoms. The van der Waals surface area contributed by atoms with Gasteiger partial charge in [0.25, 0.3) is 0 Å². The smallest absolute Gasteiger partial charge is 0.119 e. The zero-order chi connectivity index (χ0) is 12.8. The highest BCUT2D eigenvalue weighted by Gasteiger charge is 2.14. The molecule has 1 heterocycles. The van der Waals surface area contributed by atoms with Crippen molar-refractivity contribution in [1.82, 2.24) is 4.90 Å². The number of hydrogen-bond donors (Lipinski definition) is 1. The van der Waals surface area contributed by atoms with Gasteiger partial charge in [0.05, 0.1) is 0 Å². The van der Waals surface area contributed by atoms with Gasteiger partial charge in [0.1, 0.15) is 12.4 Å². The molecule has 0 bridgehead atoms. The highest BCUT2D eigenvalue weighted by molar-refractivity contribution is 6.23. The van der Waals surface area contributed by atoms with Gasteiger partial charge >= 0.3 is 0 Å². The standard InChI is InChI=1S/C14H21ClN2O/c1-12-6-8-17(9-7-12)10-11-18-14-4-2-13(16-15)3-5-14/h2-5,12,16H,6-11H2,1H3. The Hall–Kier alpha value is -0.930. The minimum atomic E-state index is 0.752. The molecule has 100 valence electrons. The number of rotatable bonds is 5. The topological polar surface area (TPSA) is 24.5 Å². The van der Waals surface area contributed by atoms with Crippen molar-refractivity contribution in [2.75, 3.05) is 31.1 Å². The molecule has 1 saturated heterocycles. The third-order valence-corrected chi connectivity index (χ3v) is 3.73. The zero-order valence-corrected chi connectivity index (χ0v) is 11.6. The highest BCUT2D eigenvalue weighted by atomic mass is 35.5. The van der Waals surface area contributed by atoms with Gasteiger partial charge < -0.3 is 4.74 Å². The molecule has 0 aromatic heterocycles. The molecule has 0 unspecified atom stereocenters. The van der Waals surface area contributed by atoms with E-state index in [9.17, 15) is 0 Å². The van der Waals surface area contributed by atoms with E-state index in [4.69, 9.17) is 16.5 Å². The van der Waals surface area contributed by atoms with Gasteiger partial charge in [-0.15, -0.1) is 0 Å². The van der Waals surface area contributed by atoms with E-state index in [1.54, 1.807) is 0 Å². The normalized spacial score (nSPS) is 17.7. The number of anilines is 1. The van der Waals surface area contributed by atoms with E-state index in [0.29, 0.717) is 0 Å². The minimum Gasteiger partial charge on any atom is -0.492 e. The minimum absolute atomic E-state index is 0.752. The maximum atomic E-state index is 5.72. The number of halogens is 1. The molecule has 1 aliphatic rings. The van der Waals surface area contributed by atoms with Crippen LogP contribution in [-0.2, 0) is 0 Å². The summed E-state index contributed by atoms with van der Waals surface area (Å²) in [5.41, 5.74) is 0.883. The third kappa shape index (κ3) is 4.07. The molecule has 18 heavy (non-hydrogen) atoms. The van der Waals surface area contributed by atoms with Crippen molar-refractivity contribution >= 4 is 17.5 Å². The molecule has 0 radical (unpaired) electrons. The maximum Gasteiger partial charge on any atom is 0.119 e. The van der Waals surface area contributed by atoms with Gasteiger partial charge in [-0.1, -0.05) is 6.92 Å². The number of hydrogen-bond acceptors (Lipinski definition) is 3. The lowest BCUT2D eigenvalue weighted by atomic mass is 9.99. The molecule has 2 rings (SSSR count). The highest BCUT2D eigenvalue weighted by Crippen LogP contribution is 2.17. The molecule has 1 aromatic carbocycles. The summed E-state index contributed by atoms with van der Waals surface area (Å²) in [5, 5.41) is 0. The van der Waals surface area contributed by atoms with Crippen LogP contribution < -0.4 is 9.57 Å². The van der Waals surface area contributed by atoms with Crippen LogP contribution in [0.3, 0.4) is 0 Å². The Balaban J connectivity index is 1.68. The number of piperidine rings is 1. The zero-order valence-electron chi connectivity index (χ0n) is 10.9. The van der Waals surface area contributed by atoms with Crippen LogP contribution in [0.25, 0.3) is 0 Å². The Morgan fingerprint density at radius 2 is 1.94 bits per heavy atom. The summed E-state index contributed by atoms with van der Waals surface area (Å²) < 4.78 is 5.72. The number of likely N-dealkylation sites (tertiary alicyclic amines) is 1. The third-order valence-electron chi connectivity index (χ3n) is 3.52. The van der Waals surface area contributed by atoms with E-state index in [0.717, 1.165) is 30.5 Å². The average Bonchev–Trinajstić information content (AvgIpc) is 2.42. The summed E-state index contributed by atoms with van der Waals surface area (Å²) in [6.07, 6.45) is 2.63. The predicted octanol–water partition coefficient (Wildman–Crippen LogP) is 3.36. The van der Waals surface area contributed by atoms with Gasteiger partial charge in [0, 0.05) is 24.0 Å². The summed E-state index contributed by atoms with van der Waals surface area (Å²) >= 11 is 5.50. The number of nitrogens with one attached hydrogen (secondary N) is 1. The van der Waals surface area contributed by atoms with E-state index < -0.39 is 0 Å². The summed E-state index contributed by atoms with van der Waals surface area (Å²) in [6, 6.07) is 7.68. The Morgan fingerprint density at radius 1 is 1.28 bits per heavy atom. The molecule has 0 spiro atoms. The molecule has 1 N–H and O–H groups in total. The van der Waals surface area contributed by atoms with Crippen LogP contribution >= 0.6 is 11.8 Å². The lowest BCUT2D eigenvalue weighted by molar-refractivity contribution is 0.160. The monoisotopic (exact) mass is 268 g/mol. The van der Waals surface area contributed by atoms with Gasteiger partial charge in [-0.05, 0) is 56.1 Å². The van der Waals surface area contributed by atoms with Crippen molar-refractivity contribution in [3.63, 3.8) is 0 Å². The van der Waals surface area contributed by atoms with Crippen molar-refractivity contribution in [3.05, 3.63) is 24.3 Å². The molecule has 3 nitrogen and oxygen atoms in total. The Bertz CT molecular complexity index is 347. The second kappa shape index (κ2) is 6.86. The van der Waals surface area contributed by atoms with Crippen LogP contribution in [0.5, 0.6) is 5.75 Å².